The van der Waals surface area contributed by atoms with Crippen molar-refractivity contribution in [1.82, 2.24) is 5.32 Å². The highest BCUT2D eigenvalue weighted by atomic mass is 16.4. The number of furan rings is 1. The summed E-state index contributed by atoms with van der Waals surface area (Å²) < 4.78 is 5.64. The molecule has 1 saturated heterocycles. The molecule has 8 heteroatoms. The molecule has 154 valence electrons. The summed E-state index contributed by atoms with van der Waals surface area (Å²) in [7, 11) is 0. The Hall–Kier alpha value is -4.46. The van der Waals surface area contributed by atoms with Crippen molar-refractivity contribution < 1.29 is 28.7 Å². The van der Waals surface area contributed by atoms with E-state index in [2.05, 4.69) is 5.32 Å². The maximum absolute atomic E-state index is 12.9. The fraction of sp³-hybridized carbons (Fsp3) is 0.0435. The average Bonchev–Trinajstić information content (AvgIpc) is 3.21. The number of carbonyl (C=O) groups is 4. The second kappa shape index (κ2) is 7.75. The molecule has 0 atom stereocenters. The molecule has 0 spiro atoms. The van der Waals surface area contributed by atoms with E-state index in [-0.39, 0.29) is 22.7 Å². The van der Waals surface area contributed by atoms with Crippen molar-refractivity contribution in [2.75, 3.05) is 4.90 Å². The van der Waals surface area contributed by atoms with E-state index >= 15 is 0 Å². The van der Waals surface area contributed by atoms with Gasteiger partial charge in [0, 0.05) is 11.1 Å². The molecule has 0 aliphatic carbocycles. The summed E-state index contributed by atoms with van der Waals surface area (Å²) >= 11 is 0. The number of carbonyl (C=O) groups excluding carboxylic acids is 4. The SMILES string of the molecule is Cc1ccc(N2C(=O)NC(=O)/C(=C\c3ccc(-c4ccccc4C(=O)[O-])o3)C2=O)cc1. The van der Waals surface area contributed by atoms with Crippen LogP contribution in [-0.2, 0) is 9.59 Å². The standard InChI is InChI=1S/C23H16N2O6/c1-13-6-8-14(9-7-13)25-21(27)18(20(26)24-23(25)30)12-15-10-11-19(31-15)16-4-2-3-5-17(16)22(28)29/h2-12H,1H3,(H,28,29)(H,24,26,30)/p-1/b18-12+. The quantitative estimate of drug-likeness (QED) is 0.516. The number of nitrogens with zero attached hydrogens (tertiary/aromatic N) is 1. The lowest BCUT2D eigenvalue weighted by Crippen LogP contribution is -2.54. The van der Waals surface area contributed by atoms with Crippen molar-refractivity contribution >= 4 is 35.6 Å². The van der Waals surface area contributed by atoms with Crippen LogP contribution in [-0.4, -0.2) is 23.8 Å². The molecule has 0 bridgehead atoms. The number of rotatable bonds is 4. The zero-order valence-electron chi connectivity index (χ0n) is 16.2. The smallest absolute Gasteiger partial charge is 0.335 e. The molecule has 1 fully saturated rings. The van der Waals surface area contributed by atoms with Crippen LogP contribution in [0.3, 0.4) is 0 Å². The van der Waals surface area contributed by atoms with E-state index in [1.807, 2.05) is 6.92 Å². The van der Waals surface area contributed by atoms with Crippen LogP contribution in [0.2, 0.25) is 0 Å². The van der Waals surface area contributed by atoms with Crippen molar-refractivity contribution in [3.05, 3.63) is 83.1 Å². The lowest BCUT2D eigenvalue weighted by Gasteiger charge is -2.26. The number of nitrogens with one attached hydrogen (secondary N) is 1. The molecule has 4 amide bonds. The lowest BCUT2D eigenvalue weighted by molar-refractivity contribution is -0.255. The number of amides is 4. The van der Waals surface area contributed by atoms with Crippen molar-refractivity contribution in [3.63, 3.8) is 0 Å². The molecule has 3 aromatic rings. The van der Waals surface area contributed by atoms with Crippen LogP contribution in [0.25, 0.3) is 17.4 Å². The number of carboxylic acid groups (broad SMARTS) is 1. The van der Waals surface area contributed by atoms with Gasteiger partial charge in [-0.3, -0.25) is 14.9 Å². The predicted octanol–water partition coefficient (Wildman–Crippen LogP) is 2.28. The number of hydrogen-bond acceptors (Lipinski definition) is 6. The van der Waals surface area contributed by atoms with Crippen molar-refractivity contribution in [2.24, 2.45) is 0 Å². The Balaban J connectivity index is 1.69. The summed E-state index contributed by atoms with van der Waals surface area (Å²) in [5, 5.41) is 13.5. The third-order valence-electron chi connectivity index (χ3n) is 4.72. The van der Waals surface area contributed by atoms with Gasteiger partial charge in [-0.15, -0.1) is 0 Å². The van der Waals surface area contributed by atoms with Crippen molar-refractivity contribution in [2.45, 2.75) is 6.92 Å². The maximum Gasteiger partial charge on any atom is 0.335 e. The van der Waals surface area contributed by atoms with Gasteiger partial charge in [0.25, 0.3) is 11.8 Å². The summed E-state index contributed by atoms with van der Waals surface area (Å²) in [6.07, 6.45) is 1.20. The highest BCUT2D eigenvalue weighted by molar-refractivity contribution is 6.39. The number of aromatic carboxylic acids is 1. The topological polar surface area (TPSA) is 120 Å². The van der Waals surface area contributed by atoms with Gasteiger partial charge in [-0.05, 0) is 37.3 Å². The molecular formula is C23H15N2O6-. The van der Waals surface area contributed by atoms with Gasteiger partial charge in [-0.25, -0.2) is 9.69 Å². The first-order chi connectivity index (χ1) is 14.8. The number of aryl methyl sites for hydroxylation is 1. The minimum absolute atomic E-state index is 0.0568. The zero-order valence-corrected chi connectivity index (χ0v) is 16.2. The van der Waals surface area contributed by atoms with Gasteiger partial charge in [0.15, 0.2) is 0 Å². The molecule has 2 aromatic carbocycles. The summed E-state index contributed by atoms with van der Waals surface area (Å²) in [5.74, 6) is -2.65. The molecule has 31 heavy (non-hydrogen) atoms. The second-order valence-corrected chi connectivity index (χ2v) is 6.83. The van der Waals surface area contributed by atoms with E-state index in [1.165, 1.54) is 24.3 Å². The van der Waals surface area contributed by atoms with E-state index in [1.54, 1.807) is 42.5 Å². The fourth-order valence-electron chi connectivity index (χ4n) is 3.18. The highest BCUT2D eigenvalue weighted by Crippen LogP contribution is 2.28. The monoisotopic (exact) mass is 415 g/mol. The van der Waals surface area contributed by atoms with Crippen LogP contribution in [0.1, 0.15) is 21.7 Å². The van der Waals surface area contributed by atoms with Gasteiger partial charge in [0.2, 0.25) is 0 Å². The van der Waals surface area contributed by atoms with E-state index in [0.717, 1.165) is 10.5 Å². The van der Waals surface area contributed by atoms with Crippen LogP contribution in [0.5, 0.6) is 0 Å². The first-order valence-corrected chi connectivity index (χ1v) is 9.24. The van der Waals surface area contributed by atoms with Crippen LogP contribution < -0.4 is 15.3 Å². The highest BCUT2D eigenvalue weighted by Gasteiger charge is 2.37. The molecule has 0 unspecified atom stereocenters. The van der Waals surface area contributed by atoms with Gasteiger partial charge in [0.05, 0.1) is 11.7 Å². The zero-order chi connectivity index (χ0) is 22.1. The minimum atomic E-state index is -1.36. The number of imide groups is 2. The van der Waals surface area contributed by atoms with Gasteiger partial charge in [-0.1, -0.05) is 42.0 Å². The summed E-state index contributed by atoms with van der Waals surface area (Å²) in [4.78, 5) is 49.6. The Labute approximate surface area is 176 Å². The molecule has 1 aliphatic heterocycles. The Morgan fingerprint density at radius 3 is 2.42 bits per heavy atom. The molecule has 8 nitrogen and oxygen atoms in total. The Morgan fingerprint density at radius 2 is 1.71 bits per heavy atom. The number of barbiturate groups is 1. The largest absolute Gasteiger partial charge is 0.545 e. The first-order valence-electron chi connectivity index (χ1n) is 9.24. The van der Waals surface area contributed by atoms with E-state index < -0.39 is 23.8 Å². The molecule has 4 rings (SSSR count). The Bertz CT molecular complexity index is 1250. The fourth-order valence-corrected chi connectivity index (χ4v) is 3.18. The van der Waals surface area contributed by atoms with Crippen molar-refractivity contribution in [3.8, 4) is 11.3 Å². The van der Waals surface area contributed by atoms with Crippen LogP contribution >= 0.6 is 0 Å². The number of anilines is 1. The Morgan fingerprint density at radius 1 is 1.00 bits per heavy atom. The summed E-state index contributed by atoms with van der Waals surface area (Å²) in [6.45, 7) is 1.86. The average molecular weight is 415 g/mol. The minimum Gasteiger partial charge on any atom is -0.545 e. The van der Waals surface area contributed by atoms with Gasteiger partial charge in [0.1, 0.15) is 17.1 Å². The Kier molecular flexibility index (Phi) is 4.96. The maximum atomic E-state index is 12.9. The van der Waals surface area contributed by atoms with E-state index in [4.69, 9.17) is 4.42 Å². The van der Waals surface area contributed by atoms with Crippen LogP contribution in [0.15, 0.2) is 70.7 Å². The summed E-state index contributed by atoms with van der Waals surface area (Å²) in [5.41, 5.74) is 1.20. The third kappa shape index (κ3) is 3.74. The number of urea groups is 1. The van der Waals surface area contributed by atoms with Gasteiger partial charge in [-0.2, -0.15) is 0 Å². The van der Waals surface area contributed by atoms with Gasteiger partial charge < -0.3 is 14.3 Å². The molecule has 0 saturated carbocycles. The third-order valence-corrected chi connectivity index (χ3v) is 4.72. The van der Waals surface area contributed by atoms with E-state index in [0.29, 0.717) is 11.3 Å². The van der Waals surface area contributed by atoms with Crippen LogP contribution in [0, 0.1) is 6.92 Å². The number of hydrogen-bond donors (Lipinski definition) is 1. The normalized spacial score (nSPS) is 15.3. The lowest BCUT2D eigenvalue weighted by atomic mass is 10.1. The molecule has 1 N–H and O–H groups in total. The van der Waals surface area contributed by atoms with Crippen molar-refractivity contribution in [1.29, 1.82) is 0 Å². The molecule has 0 radical (unpaired) electrons. The van der Waals surface area contributed by atoms with Crippen LogP contribution in [0.4, 0.5) is 10.5 Å². The number of carboxylic acids is 1. The second-order valence-electron chi connectivity index (χ2n) is 6.83. The predicted molar refractivity (Wildman–Crippen MR) is 109 cm³/mol. The summed E-state index contributed by atoms with van der Waals surface area (Å²) in [6, 6.07) is 15.0. The molecular weight excluding hydrogens is 400 g/mol. The number of benzene rings is 2. The molecule has 1 aromatic heterocycles. The first kappa shape index (κ1) is 19.8. The van der Waals surface area contributed by atoms with Gasteiger partial charge >= 0.3 is 6.03 Å². The van der Waals surface area contributed by atoms with E-state index in [9.17, 15) is 24.3 Å². The molecule has 1 aliphatic rings. The molecule has 2 heterocycles.